The summed E-state index contributed by atoms with van der Waals surface area (Å²) in [6.45, 7) is 4.70. The average molecular weight is 362 g/mol. The fourth-order valence-electron chi connectivity index (χ4n) is 3.37. The van der Waals surface area contributed by atoms with E-state index >= 15 is 0 Å². The number of aryl methyl sites for hydroxylation is 1. The first-order chi connectivity index (χ1) is 12.1. The van der Waals surface area contributed by atoms with E-state index in [0.717, 1.165) is 45.7 Å². The van der Waals surface area contributed by atoms with Gasteiger partial charge < -0.3 is 15.4 Å². The maximum absolute atomic E-state index is 12.7. The first-order valence-corrected chi connectivity index (χ1v) is 9.76. The third-order valence-corrected chi connectivity index (χ3v) is 6.02. The van der Waals surface area contributed by atoms with Crippen LogP contribution in [0.15, 0.2) is 6.33 Å². The lowest BCUT2D eigenvalue weighted by atomic mass is 10.1. The van der Waals surface area contributed by atoms with Gasteiger partial charge in [0, 0.05) is 13.2 Å². The highest BCUT2D eigenvalue weighted by molar-refractivity contribution is 7.20. The van der Waals surface area contributed by atoms with E-state index in [1.807, 2.05) is 6.92 Å². The highest BCUT2D eigenvalue weighted by atomic mass is 32.1. The van der Waals surface area contributed by atoms with Gasteiger partial charge in [-0.05, 0) is 31.7 Å². The molecule has 0 aromatic carbocycles. The monoisotopic (exact) mass is 362 g/mol. The normalized spacial score (nSPS) is 16.3. The molecule has 0 spiro atoms. The van der Waals surface area contributed by atoms with Gasteiger partial charge in [-0.1, -0.05) is 19.8 Å². The molecule has 6 nitrogen and oxygen atoms in total. The summed E-state index contributed by atoms with van der Waals surface area (Å²) in [5.41, 5.74) is 0.950. The van der Waals surface area contributed by atoms with E-state index in [1.165, 1.54) is 24.2 Å². The fourth-order valence-corrected chi connectivity index (χ4v) is 4.43. The van der Waals surface area contributed by atoms with Gasteiger partial charge in [-0.2, -0.15) is 0 Å². The molecule has 3 rings (SSSR count). The topological polar surface area (TPSA) is 76.1 Å². The van der Waals surface area contributed by atoms with Crippen LogP contribution in [0.1, 0.15) is 54.3 Å². The second-order valence-corrected chi connectivity index (χ2v) is 7.62. The molecule has 1 fully saturated rings. The van der Waals surface area contributed by atoms with Crippen molar-refractivity contribution in [2.24, 2.45) is 0 Å². The maximum atomic E-state index is 12.7. The number of nitrogens with zero attached hydrogens (tertiary/aromatic N) is 2. The summed E-state index contributed by atoms with van der Waals surface area (Å²) in [5.74, 6) is 0.796. The van der Waals surface area contributed by atoms with Crippen LogP contribution in [0.25, 0.3) is 10.2 Å². The minimum Gasteiger partial charge on any atom is -0.383 e. The number of aromatic nitrogens is 2. The third-order valence-electron chi connectivity index (χ3n) is 4.82. The van der Waals surface area contributed by atoms with E-state index in [9.17, 15) is 4.79 Å². The van der Waals surface area contributed by atoms with E-state index in [2.05, 4.69) is 27.5 Å². The smallest absolute Gasteiger partial charge is 0.261 e. The van der Waals surface area contributed by atoms with Gasteiger partial charge in [0.1, 0.15) is 17.0 Å². The lowest BCUT2D eigenvalue weighted by molar-refractivity contribution is 0.0941. The van der Waals surface area contributed by atoms with Gasteiger partial charge in [0.05, 0.1) is 22.9 Å². The first kappa shape index (κ1) is 18.1. The minimum atomic E-state index is 0.0160. The summed E-state index contributed by atoms with van der Waals surface area (Å²) in [4.78, 5) is 23.1. The van der Waals surface area contributed by atoms with Crippen LogP contribution in [-0.4, -0.2) is 41.7 Å². The Balaban J connectivity index is 1.88. The molecule has 2 aromatic rings. The predicted octanol–water partition coefficient (Wildman–Crippen LogP) is 3.51. The molecule has 7 heteroatoms. The molecule has 2 heterocycles. The summed E-state index contributed by atoms with van der Waals surface area (Å²) < 4.78 is 5.26. The Kier molecular flexibility index (Phi) is 5.86. The van der Waals surface area contributed by atoms with Gasteiger partial charge >= 0.3 is 0 Å². The summed E-state index contributed by atoms with van der Waals surface area (Å²) in [5, 5.41) is 7.55. The Morgan fingerprint density at radius 3 is 2.84 bits per heavy atom. The summed E-state index contributed by atoms with van der Waals surface area (Å²) >= 11 is 1.44. The van der Waals surface area contributed by atoms with Crippen LogP contribution in [0.2, 0.25) is 0 Å². The Hall–Kier alpha value is -1.73. The molecule has 0 saturated heterocycles. The number of carbonyl (C=O) groups is 1. The van der Waals surface area contributed by atoms with Crippen LogP contribution in [0.3, 0.4) is 0 Å². The molecular formula is C18H26N4O2S. The lowest BCUT2D eigenvalue weighted by Crippen LogP contribution is -2.32. The summed E-state index contributed by atoms with van der Waals surface area (Å²) in [6, 6.07) is 0.491. The van der Waals surface area contributed by atoms with E-state index in [0.29, 0.717) is 12.6 Å². The SMILES string of the molecule is CC[C@@H](COC)Nc1ncnc2sc(C(=O)NC3CCCC3)c(C)c12. The molecule has 1 aliphatic rings. The van der Waals surface area contributed by atoms with Crippen LogP contribution >= 0.6 is 11.3 Å². The van der Waals surface area contributed by atoms with Crippen molar-refractivity contribution >= 4 is 33.3 Å². The predicted molar refractivity (Wildman–Crippen MR) is 101 cm³/mol. The van der Waals surface area contributed by atoms with Crippen molar-refractivity contribution in [3.05, 3.63) is 16.8 Å². The molecule has 136 valence electrons. The maximum Gasteiger partial charge on any atom is 0.261 e. The molecule has 1 atom stereocenters. The number of fused-ring (bicyclic) bond motifs is 1. The van der Waals surface area contributed by atoms with Crippen molar-refractivity contribution in [3.8, 4) is 0 Å². The quantitative estimate of drug-likeness (QED) is 0.788. The van der Waals surface area contributed by atoms with Crippen LogP contribution in [-0.2, 0) is 4.74 Å². The van der Waals surface area contributed by atoms with Crippen molar-refractivity contribution in [3.63, 3.8) is 0 Å². The van der Waals surface area contributed by atoms with Gasteiger partial charge in [0.2, 0.25) is 0 Å². The second kappa shape index (κ2) is 8.10. The Morgan fingerprint density at radius 1 is 1.40 bits per heavy atom. The van der Waals surface area contributed by atoms with Crippen molar-refractivity contribution < 1.29 is 9.53 Å². The summed E-state index contributed by atoms with van der Waals surface area (Å²) in [7, 11) is 1.70. The number of amides is 1. The molecule has 1 aliphatic carbocycles. The molecule has 1 amide bonds. The number of carbonyl (C=O) groups excluding carboxylic acids is 1. The van der Waals surface area contributed by atoms with Crippen LogP contribution in [0, 0.1) is 6.92 Å². The van der Waals surface area contributed by atoms with Crippen molar-refractivity contribution in [1.29, 1.82) is 0 Å². The molecule has 0 unspecified atom stereocenters. The highest BCUT2D eigenvalue weighted by Gasteiger charge is 2.23. The van der Waals surface area contributed by atoms with Gasteiger partial charge in [-0.25, -0.2) is 9.97 Å². The van der Waals surface area contributed by atoms with Crippen molar-refractivity contribution in [2.75, 3.05) is 19.0 Å². The second-order valence-electron chi connectivity index (χ2n) is 6.62. The van der Waals surface area contributed by atoms with Gasteiger partial charge in [0.25, 0.3) is 5.91 Å². The average Bonchev–Trinajstić information content (AvgIpc) is 3.23. The van der Waals surface area contributed by atoms with Gasteiger partial charge in [-0.3, -0.25) is 4.79 Å². The molecular weight excluding hydrogens is 336 g/mol. The van der Waals surface area contributed by atoms with Crippen LogP contribution in [0.4, 0.5) is 5.82 Å². The number of rotatable bonds is 7. The third kappa shape index (κ3) is 3.93. The number of methoxy groups -OCH3 is 1. The number of nitrogens with one attached hydrogen (secondary N) is 2. The zero-order chi connectivity index (χ0) is 17.8. The number of ether oxygens (including phenoxy) is 1. The molecule has 1 saturated carbocycles. The van der Waals surface area contributed by atoms with Crippen molar-refractivity contribution in [2.45, 2.75) is 58.0 Å². The number of hydrogen-bond donors (Lipinski definition) is 2. The van der Waals surface area contributed by atoms with E-state index < -0.39 is 0 Å². The number of thiophene rings is 1. The zero-order valence-corrected chi connectivity index (χ0v) is 15.9. The minimum absolute atomic E-state index is 0.0160. The summed E-state index contributed by atoms with van der Waals surface area (Å²) in [6.07, 6.45) is 7.05. The number of anilines is 1. The van der Waals surface area contributed by atoms with E-state index in [-0.39, 0.29) is 11.9 Å². The Labute approximate surface area is 152 Å². The van der Waals surface area contributed by atoms with Crippen molar-refractivity contribution in [1.82, 2.24) is 15.3 Å². The largest absolute Gasteiger partial charge is 0.383 e. The molecule has 2 N–H and O–H groups in total. The van der Waals surface area contributed by atoms with Gasteiger partial charge in [-0.15, -0.1) is 11.3 Å². The Morgan fingerprint density at radius 2 is 2.16 bits per heavy atom. The standard InChI is InChI=1S/C18H26N4O2S/c1-4-12(9-24-3)21-16-14-11(2)15(25-18(14)20-10-19-16)17(23)22-13-7-5-6-8-13/h10,12-13H,4-9H2,1-3H3,(H,22,23)(H,19,20,21)/t12-/m0/s1. The van der Waals surface area contributed by atoms with Crippen LogP contribution in [0.5, 0.6) is 0 Å². The zero-order valence-electron chi connectivity index (χ0n) is 15.1. The lowest BCUT2D eigenvalue weighted by Gasteiger charge is -2.17. The van der Waals surface area contributed by atoms with Gasteiger partial charge in [0.15, 0.2) is 0 Å². The Bertz CT molecular complexity index is 740. The van der Waals surface area contributed by atoms with E-state index in [4.69, 9.17) is 4.74 Å². The fraction of sp³-hybridized carbons (Fsp3) is 0.611. The molecule has 25 heavy (non-hydrogen) atoms. The molecule has 2 aromatic heterocycles. The molecule has 0 radical (unpaired) electrons. The number of hydrogen-bond acceptors (Lipinski definition) is 6. The van der Waals surface area contributed by atoms with E-state index in [1.54, 1.807) is 13.4 Å². The molecule has 0 aliphatic heterocycles. The molecule has 0 bridgehead atoms. The van der Waals surface area contributed by atoms with Crippen LogP contribution < -0.4 is 10.6 Å². The highest BCUT2D eigenvalue weighted by Crippen LogP contribution is 2.34. The first-order valence-electron chi connectivity index (χ1n) is 8.94.